The van der Waals surface area contributed by atoms with Gasteiger partial charge in [0.15, 0.2) is 5.78 Å². The number of carbonyl (C=O) groups is 2. The van der Waals surface area contributed by atoms with Gasteiger partial charge in [0.05, 0.1) is 25.3 Å². The fourth-order valence-electron chi connectivity index (χ4n) is 3.06. The SMILES string of the molecule is C/C=C\C(=O)C1CC2COCC(C1)N2C(=O)OC(C)(C)C. The van der Waals surface area contributed by atoms with Crippen LogP contribution in [0.15, 0.2) is 12.2 Å². The third kappa shape index (κ3) is 3.84. The van der Waals surface area contributed by atoms with Crippen LogP contribution in [0.25, 0.3) is 0 Å². The van der Waals surface area contributed by atoms with E-state index < -0.39 is 5.60 Å². The van der Waals surface area contributed by atoms with Gasteiger partial charge >= 0.3 is 6.09 Å². The van der Waals surface area contributed by atoms with Gasteiger partial charge in [-0.3, -0.25) is 9.69 Å². The zero-order chi connectivity index (χ0) is 15.6. The highest BCUT2D eigenvalue weighted by Crippen LogP contribution is 2.33. The van der Waals surface area contributed by atoms with Crippen LogP contribution in [0.2, 0.25) is 0 Å². The van der Waals surface area contributed by atoms with Gasteiger partial charge in [0, 0.05) is 5.92 Å². The number of amides is 1. The molecule has 118 valence electrons. The molecule has 0 spiro atoms. The van der Waals surface area contributed by atoms with E-state index in [1.807, 2.05) is 27.7 Å². The summed E-state index contributed by atoms with van der Waals surface area (Å²) in [4.78, 5) is 26.2. The molecule has 2 saturated heterocycles. The molecule has 0 aromatic heterocycles. The summed E-state index contributed by atoms with van der Waals surface area (Å²) in [6, 6.07) is -0.127. The van der Waals surface area contributed by atoms with E-state index in [4.69, 9.17) is 9.47 Å². The van der Waals surface area contributed by atoms with Gasteiger partial charge in [-0.1, -0.05) is 6.08 Å². The molecule has 0 radical (unpaired) electrons. The molecular weight excluding hydrogens is 270 g/mol. The van der Waals surface area contributed by atoms with E-state index in [1.54, 1.807) is 17.1 Å². The van der Waals surface area contributed by atoms with Crippen LogP contribution >= 0.6 is 0 Å². The van der Waals surface area contributed by atoms with E-state index in [2.05, 4.69) is 0 Å². The van der Waals surface area contributed by atoms with Crippen molar-refractivity contribution in [1.29, 1.82) is 0 Å². The first-order valence-corrected chi connectivity index (χ1v) is 7.57. The van der Waals surface area contributed by atoms with Gasteiger partial charge in [-0.2, -0.15) is 0 Å². The van der Waals surface area contributed by atoms with E-state index in [-0.39, 0.29) is 29.9 Å². The van der Waals surface area contributed by atoms with Crippen LogP contribution in [0.1, 0.15) is 40.5 Å². The zero-order valence-electron chi connectivity index (χ0n) is 13.3. The molecule has 2 atom stereocenters. The van der Waals surface area contributed by atoms with Crippen molar-refractivity contribution in [3.8, 4) is 0 Å². The Morgan fingerprint density at radius 3 is 2.24 bits per heavy atom. The highest BCUT2D eigenvalue weighted by Gasteiger charge is 2.44. The Morgan fingerprint density at radius 1 is 1.19 bits per heavy atom. The van der Waals surface area contributed by atoms with Crippen molar-refractivity contribution < 1.29 is 19.1 Å². The molecule has 5 heteroatoms. The normalized spacial score (nSPS) is 29.5. The van der Waals surface area contributed by atoms with E-state index in [1.165, 1.54) is 0 Å². The number of hydrogen-bond donors (Lipinski definition) is 0. The molecule has 2 rings (SSSR count). The lowest BCUT2D eigenvalue weighted by molar-refractivity contribution is -0.127. The van der Waals surface area contributed by atoms with Crippen LogP contribution in [-0.4, -0.2) is 47.7 Å². The quantitative estimate of drug-likeness (QED) is 0.735. The summed E-state index contributed by atoms with van der Waals surface area (Å²) >= 11 is 0. The molecule has 0 aromatic rings. The lowest BCUT2D eigenvalue weighted by Gasteiger charge is -2.47. The first kappa shape index (κ1) is 16.0. The van der Waals surface area contributed by atoms with E-state index >= 15 is 0 Å². The second kappa shape index (κ2) is 6.18. The lowest BCUT2D eigenvalue weighted by atomic mass is 9.82. The molecule has 2 bridgehead atoms. The molecule has 2 heterocycles. The largest absolute Gasteiger partial charge is 0.444 e. The van der Waals surface area contributed by atoms with Crippen molar-refractivity contribution in [2.45, 2.75) is 58.2 Å². The summed E-state index contributed by atoms with van der Waals surface area (Å²) in [6.45, 7) is 8.39. The number of morpholine rings is 1. The molecule has 21 heavy (non-hydrogen) atoms. The standard InChI is InChI=1S/C16H25NO4/c1-5-6-14(18)11-7-12-9-20-10-13(8-11)17(12)15(19)21-16(2,3)4/h5-6,11-13H,7-10H2,1-4H3/b6-5-. The molecule has 2 aliphatic heterocycles. The minimum Gasteiger partial charge on any atom is -0.444 e. The smallest absolute Gasteiger partial charge is 0.410 e. The third-order valence-corrected chi connectivity index (χ3v) is 3.86. The molecule has 0 N–H and O–H groups in total. The first-order chi connectivity index (χ1) is 9.81. The Kier molecular flexibility index (Phi) is 4.71. The van der Waals surface area contributed by atoms with Crippen LogP contribution in [0, 0.1) is 5.92 Å². The Labute approximate surface area is 126 Å². The van der Waals surface area contributed by atoms with Crippen molar-refractivity contribution in [2.24, 2.45) is 5.92 Å². The van der Waals surface area contributed by atoms with E-state index in [0.29, 0.717) is 26.1 Å². The molecule has 2 unspecified atom stereocenters. The van der Waals surface area contributed by atoms with Gasteiger partial charge < -0.3 is 9.47 Å². The van der Waals surface area contributed by atoms with Crippen molar-refractivity contribution >= 4 is 11.9 Å². The molecule has 0 saturated carbocycles. The second-order valence-electron chi connectivity index (χ2n) is 6.80. The molecule has 1 amide bonds. The summed E-state index contributed by atoms with van der Waals surface area (Å²) < 4.78 is 11.0. The molecular formula is C16H25NO4. The third-order valence-electron chi connectivity index (χ3n) is 3.86. The number of carbonyl (C=O) groups excluding carboxylic acids is 2. The maximum Gasteiger partial charge on any atom is 0.410 e. The highest BCUT2D eigenvalue weighted by atomic mass is 16.6. The monoisotopic (exact) mass is 295 g/mol. The van der Waals surface area contributed by atoms with Gasteiger partial charge in [-0.05, 0) is 46.6 Å². The van der Waals surface area contributed by atoms with Crippen molar-refractivity contribution in [1.82, 2.24) is 4.90 Å². The Morgan fingerprint density at radius 2 is 1.76 bits per heavy atom. The number of hydrogen-bond acceptors (Lipinski definition) is 4. The van der Waals surface area contributed by atoms with E-state index in [0.717, 1.165) is 0 Å². The first-order valence-electron chi connectivity index (χ1n) is 7.57. The van der Waals surface area contributed by atoms with Crippen molar-refractivity contribution in [3.63, 3.8) is 0 Å². The average Bonchev–Trinajstić information content (AvgIpc) is 2.35. The summed E-state index contributed by atoms with van der Waals surface area (Å²) in [7, 11) is 0. The second-order valence-corrected chi connectivity index (χ2v) is 6.80. The summed E-state index contributed by atoms with van der Waals surface area (Å²) in [5, 5.41) is 0. The predicted octanol–water partition coefficient (Wildman–Crippen LogP) is 2.55. The van der Waals surface area contributed by atoms with Crippen LogP contribution in [0.4, 0.5) is 4.79 Å². The Bertz CT molecular complexity index is 424. The van der Waals surface area contributed by atoms with Gasteiger partial charge in [0.1, 0.15) is 5.60 Å². The number of rotatable bonds is 2. The van der Waals surface area contributed by atoms with Gasteiger partial charge in [0.25, 0.3) is 0 Å². The molecule has 0 aliphatic carbocycles. The average molecular weight is 295 g/mol. The molecule has 5 nitrogen and oxygen atoms in total. The summed E-state index contributed by atoms with van der Waals surface area (Å²) in [5.74, 6) is 0.136. The lowest BCUT2D eigenvalue weighted by Crippen LogP contribution is -2.60. The topological polar surface area (TPSA) is 55.8 Å². The number of nitrogens with zero attached hydrogens (tertiary/aromatic N) is 1. The molecule has 2 aliphatic rings. The Hall–Kier alpha value is -1.36. The zero-order valence-corrected chi connectivity index (χ0v) is 13.3. The highest BCUT2D eigenvalue weighted by molar-refractivity contribution is 5.92. The van der Waals surface area contributed by atoms with Crippen LogP contribution in [0.5, 0.6) is 0 Å². The summed E-state index contributed by atoms with van der Waals surface area (Å²) in [5.41, 5.74) is -0.510. The van der Waals surface area contributed by atoms with Crippen molar-refractivity contribution in [2.75, 3.05) is 13.2 Å². The van der Waals surface area contributed by atoms with Gasteiger partial charge in [-0.25, -0.2) is 4.79 Å². The van der Waals surface area contributed by atoms with E-state index in [9.17, 15) is 9.59 Å². The molecule has 2 fully saturated rings. The summed E-state index contributed by atoms with van der Waals surface area (Å²) in [6.07, 6.45) is 4.41. The number of piperidine rings is 1. The van der Waals surface area contributed by atoms with Gasteiger partial charge in [0.2, 0.25) is 0 Å². The minimum atomic E-state index is -0.510. The maximum absolute atomic E-state index is 12.4. The fraction of sp³-hybridized carbons (Fsp3) is 0.750. The maximum atomic E-state index is 12.4. The Balaban J connectivity index is 2.09. The van der Waals surface area contributed by atoms with Crippen LogP contribution in [-0.2, 0) is 14.3 Å². The minimum absolute atomic E-state index is 0.0150. The van der Waals surface area contributed by atoms with Crippen LogP contribution in [0.3, 0.4) is 0 Å². The predicted molar refractivity (Wildman–Crippen MR) is 79.0 cm³/mol. The van der Waals surface area contributed by atoms with Crippen molar-refractivity contribution in [3.05, 3.63) is 12.2 Å². The molecule has 0 aromatic carbocycles. The van der Waals surface area contributed by atoms with Crippen LogP contribution < -0.4 is 0 Å². The number of ether oxygens (including phenoxy) is 2. The number of ketones is 1. The fourth-order valence-corrected chi connectivity index (χ4v) is 3.06. The number of fused-ring (bicyclic) bond motifs is 2. The van der Waals surface area contributed by atoms with Gasteiger partial charge in [-0.15, -0.1) is 0 Å². The number of allylic oxidation sites excluding steroid dienone is 2.